The zero-order valence-electron chi connectivity index (χ0n) is 13.1. The fourth-order valence-electron chi connectivity index (χ4n) is 1.56. The predicted octanol–water partition coefficient (Wildman–Crippen LogP) is 1.78. The average Bonchev–Trinajstić information content (AvgIpc) is 2.47. The van der Waals surface area contributed by atoms with Crippen molar-refractivity contribution in [2.24, 2.45) is 0 Å². The van der Waals surface area contributed by atoms with Gasteiger partial charge in [0.2, 0.25) is 0 Å². The number of nitrogens with one attached hydrogen (secondary N) is 2. The summed E-state index contributed by atoms with van der Waals surface area (Å²) in [5, 5.41) is 4.30. The predicted molar refractivity (Wildman–Crippen MR) is 84.8 cm³/mol. The third kappa shape index (κ3) is 5.77. The van der Waals surface area contributed by atoms with Crippen LogP contribution >= 0.6 is 11.8 Å². The number of hydrogen-bond acceptors (Lipinski definition) is 5. The van der Waals surface area contributed by atoms with Gasteiger partial charge >= 0.3 is 12.0 Å². The Morgan fingerprint density at radius 1 is 1.27 bits per heavy atom. The number of hydrogen-bond donors (Lipinski definition) is 2. The van der Waals surface area contributed by atoms with E-state index in [2.05, 4.69) is 10.6 Å². The molecule has 0 aliphatic rings. The van der Waals surface area contributed by atoms with Crippen molar-refractivity contribution in [1.82, 2.24) is 10.6 Å². The lowest BCUT2D eigenvalue weighted by Gasteiger charge is -2.13. The third-order valence-electron chi connectivity index (χ3n) is 2.83. The van der Waals surface area contributed by atoms with Crippen molar-refractivity contribution < 1.29 is 19.1 Å². The zero-order chi connectivity index (χ0) is 16.7. The summed E-state index contributed by atoms with van der Waals surface area (Å²) in [7, 11) is 1.39. The van der Waals surface area contributed by atoms with E-state index in [9.17, 15) is 14.4 Å². The molecule has 0 unspecified atom stereocenters. The minimum absolute atomic E-state index is 0.0991. The van der Waals surface area contributed by atoms with Crippen molar-refractivity contribution >= 4 is 29.7 Å². The molecular formula is C15H20N2O4S. The number of ether oxygens (including phenoxy) is 1. The maximum absolute atomic E-state index is 11.8. The van der Waals surface area contributed by atoms with Gasteiger partial charge < -0.3 is 10.1 Å². The van der Waals surface area contributed by atoms with Gasteiger partial charge in [-0.15, -0.1) is 11.8 Å². The molecule has 0 aliphatic carbocycles. The number of thioether (sulfide) groups is 1. The largest absolute Gasteiger partial charge is 0.452 e. The second-order valence-corrected chi connectivity index (χ2v) is 5.78. The number of aryl methyl sites for hydroxylation is 2. The highest BCUT2D eigenvalue weighted by molar-refractivity contribution is 8.00. The van der Waals surface area contributed by atoms with Crippen LogP contribution in [0.25, 0.3) is 0 Å². The second-order valence-electron chi connectivity index (χ2n) is 4.76. The number of urea groups is 1. The summed E-state index contributed by atoms with van der Waals surface area (Å²) in [6.07, 6.45) is -1.02. The van der Waals surface area contributed by atoms with Crippen LogP contribution in [0.15, 0.2) is 23.1 Å². The Labute approximate surface area is 134 Å². The van der Waals surface area contributed by atoms with Crippen LogP contribution < -0.4 is 10.6 Å². The average molecular weight is 324 g/mol. The number of imide groups is 1. The molecular weight excluding hydrogens is 304 g/mol. The standard InChI is InChI=1S/C15H20N2O4S/c1-9-5-6-10(2)12(7-9)22-8-13(18)21-11(3)14(19)17-15(20)16-4/h5-7,11H,8H2,1-4H3,(H2,16,17,19,20)/t11-/m0/s1. The number of esters is 1. The van der Waals surface area contributed by atoms with E-state index < -0.39 is 24.0 Å². The third-order valence-corrected chi connectivity index (χ3v) is 3.96. The van der Waals surface area contributed by atoms with Crippen LogP contribution in [-0.2, 0) is 14.3 Å². The molecule has 0 radical (unpaired) electrons. The Bertz CT molecular complexity index is 575. The summed E-state index contributed by atoms with van der Waals surface area (Å²) in [5.74, 6) is -1.07. The summed E-state index contributed by atoms with van der Waals surface area (Å²) >= 11 is 1.36. The molecule has 1 atom stereocenters. The Morgan fingerprint density at radius 3 is 2.59 bits per heavy atom. The molecule has 0 saturated carbocycles. The molecule has 0 saturated heterocycles. The molecule has 0 spiro atoms. The lowest BCUT2D eigenvalue weighted by atomic mass is 10.2. The van der Waals surface area contributed by atoms with Gasteiger partial charge in [0.1, 0.15) is 0 Å². The van der Waals surface area contributed by atoms with Crippen molar-refractivity contribution in [3.8, 4) is 0 Å². The second kappa shape index (κ2) is 8.43. The number of benzene rings is 1. The highest BCUT2D eigenvalue weighted by Crippen LogP contribution is 2.23. The molecule has 0 aliphatic heterocycles. The first-order chi connectivity index (χ1) is 10.3. The van der Waals surface area contributed by atoms with Crippen LogP contribution in [0.2, 0.25) is 0 Å². The monoisotopic (exact) mass is 324 g/mol. The van der Waals surface area contributed by atoms with Crippen molar-refractivity contribution in [2.75, 3.05) is 12.8 Å². The minimum Gasteiger partial charge on any atom is -0.452 e. The molecule has 120 valence electrons. The van der Waals surface area contributed by atoms with Crippen molar-refractivity contribution in [2.45, 2.75) is 31.8 Å². The molecule has 1 aromatic carbocycles. The van der Waals surface area contributed by atoms with E-state index in [4.69, 9.17) is 4.74 Å². The fraction of sp³-hybridized carbons (Fsp3) is 0.400. The molecule has 1 rings (SSSR count). The van der Waals surface area contributed by atoms with Gasteiger partial charge in [-0.1, -0.05) is 17.7 Å². The summed E-state index contributed by atoms with van der Waals surface area (Å²) in [6.45, 7) is 5.36. The van der Waals surface area contributed by atoms with Gasteiger partial charge in [0, 0.05) is 11.9 Å². The van der Waals surface area contributed by atoms with E-state index in [-0.39, 0.29) is 5.75 Å². The summed E-state index contributed by atoms with van der Waals surface area (Å²) in [5.41, 5.74) is 2.19. The zero-order valence-corrected chi connectivity index (χ0v) is 13.9. The summed E-state index contributed by atoms with van der Waals surface area (Å²) in [4.78, 5) is 35.3. The maximum Gasteiger partial charge on any atom is 0.321 e. The number of carbonyl (C=O) groups excluding carboxylic acids is 3. The van der Waals surface area contributed by atoms with E-state index in [0.29, 0.717) is 0 Å². The van der Waals surface area contributed by atoms with Crippen LogP contribution in [0, 0.1) is 13.8 Å². The van der Waals surface area contributed by atoms with Crippen molar-refractivity contribution in [3.63, 3.8) is 0 Å². The van der Waals surface area contributed by atoms with Gasteiger partial charge in [-0.25, -0.2) is 4.79 Å². The van der Waals surface area contributed by atoms with Crippen LogP contribution in [0.4, 0.5) is 4.79 Å². The van der Waals surface area contributed by atoms with Crippen LogP contribution in [0.3, 0.4) is 0 Å². The minimum atomic E-state index is -1.02. The molecule has 0 heterocycles. The van der Waals surface area contributed by atoms with Crippen molar-refractivity contribution in [3.05, 3.63) is 29.3 Å². The molecule has 3 amide bonds. The Hall–Kier alpha value is -2.02. The molecule has 0 fully saturated rings. The first-order valence-electron chi connectivity index (χ1n) is 6.75. The Morgan fingerprint density at radius 2 is 1.95 bits per heavy atom. The van der Waals surface area contributed by atoms with Crippen LogP contribution in [0.5, 0.6) is 0 Å². The van der Waals surface area contributed by atoms with E-state index in [1.165, 1.54) is 25.7 Å². The van der Waals surface area contributed by atoms with Gasteiger partial charge in [0.25, 0.3) is 5.91 Å². The Balaban J connectivity index is 2.47. The van der Waals surface area contributed by atoms with E-state index >= 15 is 0 Å². The molecule has 1 aromatic rings. The summed E-state index contributed by atoms with van der Waals surface area (Å²) in [6, 6.07) is 5.35. The lowest BCUT2D eigenvalue weighted by Crippen LogP contribution is -2.43. The first kappa shape index (κ1) is 18.0. The van der Waals surface area contributed by atoms with Gasteiger partial charge in [0.05, 0.1) is 5.75 Å². The smallest absolute Gasteiger partial charge is 0.321 e. The maximum atomic E-state index is 11.8. The number of rotatable bonds is 5. The molecule has 2 N–H and O–H groups in total. The molecule has 0 aromatic heterocycles. The van der Waals surface area contributed by atoms with E-state index in [0.717, 1.165) is 16.0 Å². The van der Waals surface area contributed by atoms with Crippen LogP contribution in [0.1, 0.15) is 18.1 Å². The quantitative estimate of drug-likeness (QED) is 0.637. The highest BCUT2D eigenvalue weighted by atomic mass is 32.2. The molecule has 22 heavy (non-hydrogen) atoms. The van der Waals surface area contributed by atoms with E-state index in [1.807, 2.05) is 32.0 Å². The van der Waals surface area contributed by atoms with Gasteiger partial charge in [-0.2, -0.15) is 0 Å². The SMILES string of the molecule is CNC(=O)NC(=O)[C@H](C)OC(=O)CSc1cc(C)ccc1C. The van der Waals surface area contributed by atoms with E-state index in [1.54, 1.807) is 0 Å². The first-order valence-corrected chi connectivity index (χ1v) is 7.74. The Kier molecular flexibility index (Phi) is 6.91. The molecule has 6 nitrogen and oxygen atoms in total. The molecule has 7 heteroatoms. The number of carbonyl (C=O) groups is 3. The topological polar surface area (TPSA) is 84.5 Å². The van der Waals surface area contributed by atoms with Gasteiger partial charge in [0.15, 0.2) is 6.10 Å². The highest BCUT2D eigenvalue weighted by Gasteiger charge is 2.19. The van der Waals surface area contributed by atoms with Gasteiger partial charge in [-0.3, -0.25) is 14.9 Å². The van der Waals surface area contributed by atoms with Gasteiger partial charge in [-0.05, 0) is 32.4 Å². The van der Waals surface area contributed by atoms with Crippen LogP contribution in [-0.4, -0.2) is 36.8 Å². The molecule has 0 bridgehead atoms. The summed E-state index contributed by atoms with van der Waals surface area (Å²) < 4.78 is 5.00. The number of amides is 3. The fourth-order valence-corrected chi connectivity index (χ4v) is 2.47. The lowest BCUT2D eigenvalue weighted by molar-refractivity contribution is -0.151. The van der Waals surface area contributed by atoms with Crippen molar-refractivity contribution in [1.29, 1.82) is 0 Å². The normalized spacial score (nSPS) is 11.5.